The summed E-state index contributed by atoms with van der Waals surface area (Å²) in [6.45, 7) is 0.000881. The van der Waals surface area contributed by atoms with E-state index in [1.165, 1.54) is 0 Å². The fourth-order valence-corrected chi connectivity index (χ4v) is 2.21. The van der Waals surface area contributed by atoms with E-state index in [9.17, 15) is 13.2 Å². The number of hydrogen-bond donors (Lipinski definition) is 2. The van der Waals surface area contributed by atoms with Crippen LogP contribution in [0.4, 0.5) is 0 Å². The van der Waals surface area contributed by atoms with Crippen molar-refractivity contribution in [2.45, 2.75) is 0 Å². The average molecular weight is 278 g/mol. The van der Waals surface area contributed by atoms with Crippen LogP contribution in [-0.4, -0.2) is 26.6 Å². The van der Waals surface area contributed by atoms with Crippen molar-refractivity contribution in [3.8, 4) is 0 Å². The van der Waals surface area contributed by atoms with E-state index < -0.39 is 10.0 Å². The zero-order valence-corrected chi connectivity index (χ0v) is 11.0. The lowest BCUT2D eigenvalue weighted by Gasteiger charge is -2.07. The van der Waals surface area contributed by atoms with Crippen molar-refractivity contribution in [3.05, 3.63) is 48.0 Å². The Bertz CT molecular complexity index is 705. The predicted molar refractivity (Wildman–Crippen MR) is 74.3 cm³/mol. The summed E-state index contributed by atoms with van der Waals surface area (Å²) in [5, 5.41) is 9.21. The zero-order valence-electron chi connectivity index (χ0n) is 10.2. The molecule has 0 unspecified atom stereocenters. The Morgan fingerprint density at radius 2 is 1.79 bits per heavy atom. The lowest BCUT2D eigenvalue weighted by molar-refractivity contribution is 0.0958. The van der Waals surface area contributed by atoms with Gasteiger partial charge in [-0.15, -0.1) is 0 Å². The summed E-state index contributed by atoms with van der Waals surface area (Å²) in [5.74, 6) is -0.579. The molecule has 2 aromatic rings. The second-order valence-corrected chi connectivity index (χ2v) is 5.88. The zero-order chi connectivity index (χ0) is 13.9. The second-order valence-electron chi connectivity index (χ2n) is 4.15. The standard InChI is InChI=1S/C13H14N2O3S/c14-19(17,18)9-8-15-13(16)12-7-3-5-10-4-1-2-6-11(10)12/h1-7H,8-9H2,(H,15,16)(H2,14,17,18). The number of carbonyl (C=O) groups is 1. The van der Waals surface area contributed by atoms with Gasteiger partial charge in [-0.25, -0.2) is 13.6 Å². The van der Waals surface area contributed by atoms with E-state index in [4.69, 9.17) is 5.14 Å². The number of nitrogens with one attached hydrogen (secondary N) is 1. The van der Waals surface area contributed by atoms with Crippen LogP contribution in [0.25, 0.3) is 10.8 Å². The number of rotatable bonds is 4. The fourth-order valence-electron chi connectivity index (χ4n) is 1.83. The molecule has 2 rings (SSSR count). The maximum atomic E-state index is 12.0. The van der Waals surface area contributed by atoms with Gasteiger partial charge in [0.1, 0.15) is 0 Å². The molecule has 0 fully saturated rings. The first kappa shape index (κ1) is 13.5. The summed E-state index contributed by atoms with van der Waals surface area (Å²) in [7, 11) is -3.56. The van der Waals surface area contributed by atoms with Crippen molar-refractivity contribution in [3.63, 3.8) is 0 Å². The third-order valence-electron chi connectivity index (χ3n) is 2.71. The maximum absolute atomic E-state index is 12.0. The van der Waals surface area contributed by atoms with Crippen molar-refractivity contribution < 1.29 is 13.2 Å². The quantitative estimate of drug-likeness (QED) is 0.869. The SMILES string of the molecule is NS(=O)(=O)CCNC(=O)c1cccc2ccccc12. The van der Waals surface area contributed by atoms with Gasteiger partial charge in [0, 0.05) is 12.1 Å². The summed E-state index contributed by atoms with van der Waals surface area (Å²) in [6, 6.07) is 12.9. The normalized spacial score (nSPS) is 11.4. The molecule has 19 heavy (non-hydrogen) atoms. The number of hydrogen-bond acceptors (Lipinski definition) is 3. The lowest BCUT2D eigenvalue weighted by atomic mass is 10.0. The highest BCUT2D eigenvalue weighted by Crippen LogP contribution is 2.18. The molecule has 0 spiro atoms. The van der Waals surface area contributed by atoms with E-state index in [0.29, 0.717) is 5.56 Å². The Morgan fingerprint density at radius 3 is 2.53 bits per heavy atom. The molecule has 0 aliphatic carbocycles. The molecule has 5 nitrogen and oxygen atoms in total. The van der Waals surface area contributed by atoms with Gasteiger partial charge in [0.25, 0.3) is 5.91 Å². The smallest absolute Gasteiger partial charge is 0.251 e. The van der Waals surface area contributed by atoms with Gasteiger partial charge in [0.2, 0.25) is 10.0 Å². The molecule has 0 atom stereocenters. The van der Waals surface area contributed by atoms with Gasteiger partial charge in [-0.1, -0.05) is 36.4 Å². The van der Waals surface area contributed by atoms with Gasteiger partial charge in [0.15, 0.2) is 0 Å². The molecule has 6 heteroatoms. The highest BCUT2D eigenvalue weighted by atomic mass is 32.2. The van der Waals surface area contributed by atoms with Crippen LogP contribution in [0.15, 0.2) is 42.5 Å². The molecule has 3 N–H and O–H groups in total. The lowest BCUT2D eigenvalue weighted by Crippen LogP contribution is -2.31. The van der Waals surface area contributed by atoms with Crippen molar-refractivity contribution in [2.24, 2.45) is 5.14 Å². The van der Waals surface area contributed by atoms with E-state index in [1.807, 2.05) is 30.3 Å². The molecule has 0 aliphatic rings. The first-order chi connectivity index (χ1) is 8.97. The minimum absolute atomic E-state index is 0.000881. The second kappa shape index (κ2) is 5.38. The number of fused-ring (bicyclic) bond motifs is 1. The molecule has 100 valence electrons. The Morgan fingerprint density at radius 1 is 1.11 bits per heavy atom. The fraction of sp³-hybridized carbons (Fsp3) is 0.154. The summed E-state index contributed by atoms with van der Waals surface area (Å²) < 4.78 is 21.6. The van der Waals surface area contributed by atoms with Gasteiger partial charge in [0.05, 0.1) is 5.75 Å². The summed E-state index contributed by atoms with van der Waals surface area (Å²) >= 11 is 0. The van der Waals surface area contributed by atoms with Crippen LogP contribution in [-0.2, 0) is 10.0 Å². The average Bonchev–Trinajstić information content (AvgIpc) is 2.36. The molecule has 0 aromatic heterocycles. The molecular formula is C13H14N2O3S. The molecule has 0 saturated carbocycles. The van der Waals surface area contributed by atoms with Crippen molar-refractivity contribution >= 4 is 26.7 Å². The molecule has 2 aromatic carbocycles. The molecule has 0 aliphatic heterocycles. The Labute approximate surface area is 111 Å². The summed E-state index contributed by atoms with van der Waals surface area (Å²) in [6.07, 6.45) is 0. The third kappa shape index (κ3) is 3.52. The van der Waals surface area contributed by atoms with Gasteiger partial charge in [-0.05, 0) is 16.8 Å². The highest BCUT2D eigenvalue weighted by molar-refractivity contribution is 7.89. The third-order valence-corrected chi connectivity index (χ3v) is 3.48. The maximum Gasteiger partial charge on any atom is 0.251 e. The van der Waals surface area contributed by atoms with E-state index >= 15 is 0 Å². The molecule has 0 saturated heterocycles. The Hall–Kier alpha value is -1.92. The van der Waals surface area contributed by atoms with Crippen molar-refractivity contribution in [1.29, 1.82) is 0 Å². The molecule has 1 amide bonds. The van der Waals surface area contributed by atoms with E-state index in [2.05, 4.69) is 5.32 Å². The van der Waals surface area contributed by atoms with Crippen molar-refractivity contribution in [1.82, 2.24) is 5.32 Å². The first-order valence-electron chi connectivity index (χ1n) is 5.74. The highest BCUT2D eigenvalue weighted by Gasteiger charge is 2.10. The van der Waals surface area contributed by atoms with Gasteiger partial charge in [-0.2, -0.15) is 0 Å². The molecule has 0 heterocycles. The first-order valence-corrected chi connectivity index (χ1v) is 7.45. The minimum Gasteiger partial charge on any atom is -0.351 e. The van der Waals surface area contributed by atoms with Crippen LogP contribution in [0.2, 0.25) is 0 Å². The Kier molecular flexibility index (Phi) is 3.82. The number of carbonyl (C=O) groups excluding carboxylic acids is 1. The molecular weight excluding hydrogens is 264 g/mol. The van der Waals surface area contributed by atoms with E-state index in [0.717, 1.165) is 10.8 Å². The van der Waals surface area contributed by atoms with Crippen molar-refractivity contribution in [2.75, 3.05) is 12.3 Å². The predicted octanol–water partition coefficient (Wildman–Crippen LogP) is 0.858. The summed E-state index contributed by atoms with van der Waals surface area (Å²) in [5.41, 5.74) is 0.521. The monoisotopic (exact) mass is 278 g/mol. The number of primary sulfonamides is 1. The van der Waals surface area contributed by atoms with Gasteiger partial charge in [-0.3, -0.25) is 4.79 Å². The van der Waals surface area contributed by atoms with E-state index in [1.54, 1.807) is 12.1 Å². The van der Waals surface area contributed by atoms with Gasteiger partial charge >= 0.3 is 0 Å². The number of nitrogens with two attached hydrogens (primary N) is 1. The number of benzene rings is 2. The van der Waals surface area contributed by atoms with Gasteiger partial charge < -0.3 is 5.32 Å². The minimum atomic E-state index is -3.56. The number of sulfonamides is 1. The van der Waals surface area contributed by atoms with Crippen LogP contribution in [0.5, 0.6) is 0 Å². The van der Waals surface area contributed by atoms with E-state index in [-0.39, 0.29) is 18.2 Å². The van der Waals surface area contributed by atoms with Crippen LogP contribution in [0.3, 0.4) is 0 Å². The molecule has 0 radical (unpaired) electrons. The Balaban J connectivity index is 2.18. The van der Waals surface area contributed by atoms with Crippen LogP contribution in [0.1, 0.15) is 10.4 Å². The van der Waals surface area contributed by atoms with Crippen LogP contribution in [0, 0.1) is 0 Å². The largest absolute Gasteiger partial charge is 0.351 e. The topological polar surface area (TPSA) is 89.3 Å². The van der Waals surface area contributed by atoms with Crippen LogP contribution < -0.4 is 10.5 Å². The van der Waals surface area contributed by atoms with Crippen LogP contribution >= 0.6 is 0 Å². The summed E-state index contributed by atoms with van der Waals surface area (Å²) in [4.78, 5) is 12.0. The molecule has 0 bridgehead atoms. The number of amides is 1.